The molecule has 0 aliphatic heterocycles. The first kappa shape index (κ1) is 11.4. The summed E-state index contributed by atoms with van der Waals surface area (Å²) in [7, 11) is 0. The number of rotatable bonds is 7. The SMILES string of the molecule is CCCC(CC)NCCC(=O)O. The van der Waals surface area contributed by atoms with Gasteiger partial charge in [0.1, 0.15) is 0 Å². The third-order valence-corrected chi connectivity index (χ3v) is 1.90. The van der Waals surface area contributed by atoms with Crippen LogP contribution < -0.4 is 5.32 Å². The Morgan fingerprint density at radius 1 is 1.50 bits per heavy atom. The quantitative estimate of drug-likeness (QED) is 0.615. The Hall–Kier alpha value is -0.570. The van der Waals surface area contributed by atoms with E-state index in [-0.39, 0.29) is 6.42 Å². The standard InChI is InChI=1S/C9H19NO2/c1-3-5-8(4-2)10-7-6-9(11)12/h8,10H,3-7H2,1-2H3,(H,11,12). The van der Waals surface area contributed by atoms with Crippen LogP contribution in [0.4, 0.5) is 0 Å². The fourth-order valence-corrected chi connectivity index (χ4v) is 1.18. The van der Waals surface area contributed by atoms with Crippen molar-refractivity contribution in [2.45, 2.75) is 45.6 Å². The molecule has 0 aromatic carbocycles. The van der Waals surface area contributed by atoms with Crippen molar-refractivity contribution in [1.29, 1.82) is 0 Å². The molecule has 1 unspecified atom stereocenters. The summed E-state index contributed by atoms with van der Waals surface area (Å²) in [4.78, 5) is 10.2. The van der Waals surface area contributed by atoms with Crippen molar-refractivity contribution in [3.63, 3.8) is 0 Å². The molecular formula is C9H19NO2. The maximum atomic E-state index is 10.2. The summed E-state index contributed by atoms with van der Waals surface area (Å²) in [6, 6.07) is 0.495. The lowest BCUT2D eigenvalue weighted by atomic mass is 10.1. The van der Waals surface area contributed by atoms with Crippen molar-refractivity contribution >= 4 is 5.97 Å². The van der Waals surface area contributed by atoms with Gasteiger partial charge in [0, 0.05) is 12.6 Å². The first-order valence-corrected chi connectivity index (χ1v) is 4.65. The smallest absolute Gasteiger partial charge is 0.304 e. The second kappa shape index (κ2) is 7.10. The topological polar surface area (TPSA) is 49.3 Å². The van der Waals surface area contributed by atoms with Gasteiger partial charge in [-0.05, 0) is 12.8 Å². The largest absolute Gasteiger partial charge is 0.481 e. The summed E-state index contributed by atoms with van der Waals surface area (Å²) in [6.45, 7) is 4.85. The first-order chi connectivity index (χ1) is 5.70. The van der Waals surface area contributed by atoms with Crippen molar-refractivity contribution < 1.29 is 9.90 Å². The van der Waals surface area contributed by atoms with E-state index in [0.717, 1.165) is 19.3 Å². The average Bonchev–Trinajstić information content (AvgIpc) is 2.02. The molecule has 72 valence electrons. The normalized spacial score (nSPS) is 12.8. The van der Waals surface area contributed by atoms with Crippen LogP contribution >= 0.6 is 0 Å². The third kappa shape index (κ3) is 6.16. The number of aliphatic carboxylic acids is 1. The number of carbonyl (C=O) groups is 1. The van der Waals surface area contributed by atoms with E-state index in [9.17, 15) is 4.79 Å². The van der Waals surface area contributed by atoms with E-state index in [1.54, 1.807) is 0 Å². The van der Waals surface area contributed by atoms with Crippen molar-refractivity contribution in [3.8, 4) is 0 Å². The van der Waals surface area contributed by atoms with Gasteiger partial charge >= 0.3 is 5.97 Å². The molecule has 0 radical (unpaired) electrons. The zero-order valence-electron chi connectivity index (χ0n) is 7.97. The summed E-state index contributed by atoms with van der Waals surface area (Å²) < 4.78 is 0. The second-order valence-electron chi connectivity index (χ2n) is 2.99. The van der Waals surface area contributed by atoms with Crippen LogP contribution in [0.2, 0.25) is 0 Å². The summed E-state index contributed by atoms with van der Waals surface area (Å²) >= 11 is 0. The van der Waals surface area contributed by atoms with Gasteiger partial charge < -0.3 is 10.4 Å². The van der Waals surface area contributed by atoms with Crippen molar-refractivity contribution in [2.75, 3.05) is 6.54 Å². The molecule has 0 aromatic heterocycles. The molecule has 0 fully saturated rings. The molecule has 0 rings (SSSR count). The van der Waals surface area contributed by atoms with Crippen LogP contribution in [0, 0.1) is 0 Å². The molecule has 0 heterocycles. The molecule has 3 heteroatoms. The van der Waals surface area contributed by atoms with E-state index < -0.39 is 5.97 Å². The van der Waals surface area contributed by atoms with Crippen LogP contribution in [-0.2, 0) is 4.79 Å². The van der Waals surface area contributed by atoms with E-state index >= 15 is 0 Å². The highest BCUT2D eigenvalue weighted by atomic mass is 16.4. The molecule has 0 saturated carbocycles. The summed E-state index contributed by atoms with van der Waals surface area (Å²) in [6.07, 6.45) is 3.59. The monoisotopic (exact) mass is 173 g/mol. The maximum absolute atomic E-state index is 10.2. The van der Waals surface area contributed by atoms with Crippen molar-refractivity contribution in [3.05, 3.63) is 0 Å². The minimum atomic E-state index is -0.728. The van der Waals surface area contributed by atoms with Crippen LogP contribution in [0.3, 0.4) is 0 Å². The predicted octanol–water partition coefficient (Wildman–Crippen LogP) is 1.63. The van der Waals surface area contributed by atoms with Crippen molar-refractivity contribution in [1.82, 2.24) is 5.32 Å². The van der Waals surface area contributed by atoms with E-state index in [2.05, 4.69) is 19.2 Å². The van der Waals surface area contributed by atoms with Gasteiger partial charge in [-0.25, -0.2) is 0 Å². The Bertz CT molecular complexity index is 126. The van der Waals surface area contributed by atoms with E-state index in [0.29, 0.717) is 12.6 Å². The van der Waals surface area contributed by atoms with Gasteiger partial charge in [-0.15, -0.1) is 0 Å². The molecule has 0 aromatic rings. The molecule has 2 N–H and O–H groups in total. The van der Waals surface area contributed by atoms with Gasteiger partial charge in [0.05, 0.1) is 6.42 Å². The van der Waals surface area contributed by atoms with E-state index in [4.69, 9.17) is 5.11 Å². The predicted molar refractivity (Wildman–Crippen MR) is 49.2 cm³/mol. The highest BCUT2D eigenvalue weighted by molar-refractivity contribution is 5.66. The molecule has 0 aliphatic rings. The number of carboxylic acids is 1. The number of hydrogen-bond donors (Lipinski definition) is 2. The van der Waals surface area contributed by atoms with Gasteiger partial charge in [-0.1, -0.05) is 20.3 Å². The second-order valence-corrected chi connectivity index (χ2v) is 2.99. The van der Waals surface area contributed by atoms with Gasteiger partial charge in [0.25, 0.3) is 0 Å². The zero-order chi connectivity index (χ0) is 9.40. The lowest BCUT2D eigenvalue weighted by molar-refractivity contribution is -0.136. The molecule has 0 spiro atoms. The average molecular weight is 173 g/mol. The van der Waals surface area contributed by atoms with E-state index in [1.165, 1.54) is 0 Å². The van der Waals surface area contributed by atoms with Crippen molar-refractivity contribution in [2.24, 2.45) is 0 Å². The van der Waals surface area contributed by atoms with Crippen LogP contribution in [0.15, 0.2) is 0 Å². The van der Waals surface area contributed by atoms with Gasteiger partial charge in [-0.3, -0.25) is 4.79 Å². The Morgan fingerprint density at radius 2 is 2.17 bits per heavy atom. The fraction of sp³-hybridized carbons (Fsp3) is 0.889. The minimum absolute atomic E-state index is 0.222. The molecule has 0 bridgehead atoms. The highest BCUT2D eigenvalue weighted by Gasteiger charge is 2.04. The third-order valence-electron chi connectivity index (χ3n) is 1.90. The summed E-state index contributed by atoms with van der Waals surface area (Å²) in [5.74, 6) is -0.728. The molecule has 0 amide bonds. The van der Waals surface area contributed by atoms with Crippen LogP contribution in [0.5, 0.6) is 0 Å². The zero-order valence-corrected chi connectivity index (χ0v) is 7.97. The minimum Gasteiger partial charge on any atom is -0.481 e. The van der Waals surface area contributed by atoms with Gasteiger partial charge in [-0.2, -0.15) is 0 Å². The summed E-state index contributed by atoms with van der Waals surface area (Å²) in [5, 5.41) is 11.6. The van der Waals surface area contributed by atoms with Gasteiger partial charge in [0.15, 0.2) is 0 Å². The molecule has 0 saturated heterocycles. The lowest BCUT2D eigenvalue weighted by Gasteiger charge is -2.14. The first-order valence-electron chi connectivity index (χ1n) is 4.65. The van der Waals surface area contributed by atoms with Crippen LogP contribution in [-0.4, -0.2) is 23.7 Å². The Balaban J connectivity index is 3.37. The Kier molecular flexibility index (Phi) is 6.76. The Morgan fingerprint density at radius 3 is 2.58 bits per heavy atom. The van der Waals surface area contributed by atoms with Crippen LogP contribution in [0.25, 0.3) is 0 Å². The number of hydrogen-bond acceptors (Lipinski definition) is 2. The summed E-state index contributed by atoms with van der Waals surface area (Å²) in [5.41, 5.74) is 0. The molecule has 1 atom stereocenters. The molecular weight excluding hydrogens is 154 g/mol. The van der Waals surface area contributed by atoms with E-state index in [1.807, 2.05) is 0 Å². The number of carboxylic acid groups (broad SMARTS) is 1. The van der Waals surface area contributed by atoms with Gasteiger partial charge in [0.2, 0.25) is 0 Å². The fourth-order valence-electron chi connectivity index (χ4n) is 1.18. The number of nitrogens with one attached hydrogen (secondary N) is 1. The lowest BCUT2D eigenvalue weighted by Crippen LogP contribution is -2.30. The highest BCUT2D eigenvalue weighted by Crippen LogP contribution is 2.00. The Labute approximate surface area is 74.2 Å². The maximum Gasteiger partial charge on any atom is 0.304 e. The van der Waals surface area contributed by atoms with Crippen LogP contribution in [0.1, 0.15) is 39.5 Å². The molecule has 3 nitrogen and oxygen atoms in total. The molecule has 0 aliphatic carbocycles. The molecule has 12 heavy (non-hydrogen) atoms.